The van der Waals surface area contributed by atoms with E-state index in [9.17, 15) is 4.79 Å². The molecule has 43 heavy (non-hydrogen) atoms. The summed E-state index contributed by atoms with van der Waals surface area (Å²) in [4.78, 5) is 14.4. The van der Waals surface area contributed by atoms with Crippen molar-refractivity contribution in [2.45, 2.75) is 126 Å². The Hall–Kier alpha value is -2.15. The standard InChI is InChI=1S/C42H64O/c1-12-19-36(33(9)28(3)4)27-40(43)38(41-39(13-2)42(41,10)11)26-32(8)37(34-21-15-14-16-22-34)25-31(7)30(6)24-35-23-18-17-20-29(35)5/h17-18,20,23,30,34,36-39,41H,3,7-9,12-16,19,21-22,24-27H2,1-2,4-6,10-11H3. The summed E-state index contributed by atoms with van der Waals surface area (Å²) in [5, 5.41) is 0. The topological polar surface area (TPSA) is 17.1 Å². The quantitative estimate of drug-likeness (QED) is 0.124. The summed E-state index contributed by atoms with van der Waals surface area (Å²) in [7, 11) is 0. The Morgan fingerprint density at radius 2 is 1.56 bits per heavy atom. The number of rotatable bonds is 18. The van der Waals surface area contributed by atoms with Crippen LogP contribution in [0.2, 0.25) is 0 Å². The maximum Gasteiger partial charge on any atom is 0.137 e. The highest BCUT2D eigenvalue weighted by atomic mass is 16.1. The summed E-state index contributed by atoms with van der Waals surface area (Å²) < 4.78 is 0. The van der Waals surface area contributed by atoms with Crippen LogP contribution in [0.5, 0.6) is 0 Å². The van der Waals surface area contributed by atoms with Gasteiger partial charge in [0.2, 0.25) is 0 Å². The summed E-state index contributed by atoms with van der Waals surface area (Å²) in [5.41, 5.74) is 7.75. The van der Waals surface area contributed by atoms with Gasteiger partial charge >= 0.3 is 0 Å². The van der Waals surface area contributed by atoms with Gasteiger partial charge < -0.3 is 0 Å². The minimum atomic E-state index is 0.0495. The first kappa shape index (κ1) is 35.3. The number of aryl methyl sites for hydroxylation is 1. The molecule has 0 bridgehead atoms. The van der Waals surface area contributed by atoms with Crippen LogP contribution in [0, 0.1) is 53.8 Å². The van der Waals surface area contributed by atoms with Gasteiger partial charge in [-0.25, -0.2) is 0 Å². The highest BCUT2D eigenvalue weighted by molar-refractivity contribution is 5.83. The fourth-order valence-corrected chi connectivity index (χ4v) is 8.71. The molecule has 0 aromatic heterocycles. The highest BCUT2D eigenvalue weighted by Gasteiger charge is 2.60. The zero-order valence-corrected chi connectivity index (χ0v) is 29.1. The van der Waals surface area contributed by atoms with Crippen molar-refractivity contribution < 1.29 is 4.79 Å². The van der Waals surface area contributed by atoms with E-state index in [-0.39, 0.29) is 17.3 Å². The number of carbonyl (C=O) groups is 1. The second kappa shape index (κ2) is 15.7. The first-order valence-electron chi connectivity index (χ1n) is 17.6. The molecule has 2 saturated carbocycles. The second-order valence-corrected chi connectivity index (χ2v) is 15.2. The number of benzene rings is 1. The Balaban J connectivity index is 1.84. The van der Waals surface area contributed by atoms with Gasteiger partial charge in [0.15, 0.2) is 0 Å². The average Bonchev–Trinajstić information content (AvgIpc) is 3.54. The van der Waals surface area contributed by atoms with Crippen LogP contribution in [0.15, 0.2) is 72.9 Å². The lowest BCUT2D eigenvalue weighted by atomic mass is 9.70. The minimum absolute atomic E-state index is 0.0495. The molecule has 0 saturated heterocycles. The Bertz CT molecular complexity index is 1140. The molecule has 2 aliphatic rings. The van der Waals surface area contributed by atoms with Gasteiger partial charge in [-0.1, -0.05) is 134 Å². The Morgan fingerprint density at radius 1 is 0.930 bits per heavy atom. The average molecular weight is 585 g/mol. The van der Waals surface area contributed by atoms with Crippen molar-refractivity contribution in [2.75, 3.05) is 0 Å². The van der Waals surface area contributed by atoms with E-state index < -0.39 is 0 Å². The number of allylic oxidation sites excluding steroid dienone is 4. The van der Waals surface area contributed by atoms with Crippen LogP contribution in [0.4, 0.5) is 0 Å². The minimum Gasteiger partial charge on any atom is -0.299 e. The van der Waals surface area contributed by atoms with Crippen LogP contribution in [-0.2, 0) is 11.2 Å². The van der Waals surface area contributed by atoms with Crippen LogP contribution in [0.1, 0.15) is 123 Å². The number of ketones is 1. The van der Waals surface area contributed by atoms with E-state index in [0.29, 0.717) is 41.8 Å². The summed E-state index contributed by atoms with van der Waals surface area (Å²) in [6, 6.07) is 8.76. The smallest absolute Gasteiger partial charge is 0.137 e. The molecular weight excluding hydrogens is 520 g/mol. The van der Waals surface area contributed by atoms with Gasteiger partial charge in [-0.2, -0.15) is 0 Å². The van der Waals surface area contributed by atoms with Gasteiger partial charge in [0, 0.05) is 12.3 Å². The van der Waals surface area contributed by atoms with E-state index in [1.54, 1.807) is 0 Å². The van der Waals surface area contributed by atoms with Gasteiger partial charge in [0.05, 0.1) is 0 Å². The Labute approximate surface area is 266 Å². The SMILES string of the molecule is C=C(C)C(=C)C(CCC)CC(=O)C(CC(=C)C(CC(=C)C(C)Cc1ccccc1C)C1CCCCC1)C1C(CC)C1(C)C. The maximum atomic E-state index is 14.4. The molecule has 0 spiro atoms. The molecule has 3 rings (SSSR count). The van der Waals surface area contributed by atoms with Gasteiger partial charge in [0.25, 0.3) is 0 Å². The van der Waals surface area contributed by atoms with Crippen molar-refractivity contribution in [3.05, 3.63) is 84.0 Å². The summed E-state index contributed by atoms with van der Waals surface area (Å²) in [6.07, 6.45) is 13.2. The van der Waals surface area contributed by atoms with Crippen molar-refractivity contribution in [1.29, 1.82) is 0 Å². The third-order valence-electron chi connectivity index (χ3n) is 11.7. The molecule has 0 aliphatic heterocycles. The predicted octanol–water partition coefficient (Wildman–Crippen LogP) is 12.1. The van der Waals surface area contributed by atoms with E-state index in [1.165, 1.54) is 54.4 Å². The van der Waals surface area contributed by atoms with Crippen LogP contribution >= 0.6 is 0 Å². The zero-order chi connectivity index (χ0) is 31.9. The monoisotopic (exact) mass is 584 g/mol. The molecule has 0 N–H and O–H groups in total. The molecule has 2 aliphatic carbocycles. The lowest BCUT2D eigenvalue weighted by molar-refractivity contribution is -0.124. The molecule has 0 amide bonds. The lowest BCUT2D eigenvalue weighted by Gasteiger charge is -2.35. The molecule has 1 aromatic carbocycles. The third-order valence-corrected chi connectivity index (χ3v) is 11.7. The van der Waals surface area contributed by atoms with E-state index in [1.807, 2.05) is 6.92 Å². The molecular formula is C42H64O. The molecule has 1 nitrogen and oxygen atoms in total. The number of hydrogen-bond acceptors (Lipinski definition) is 1. The molecule has 6 unspecified atom stereocenters. The van der Waals surface area contributed by atoms with Gasteiger partial charge in [-0.05, 0) is 110 Å². The first-order chi connectivity index (χ1) is 20.3. The molecule has 0 heterocycles. The van der Waals surface area contributed by atoms with E-state index in [4.69, 9.17) is 6.58 Å². The highest BCUT2D eigenvalue weighted by Crippen LogP contribution is 2.64. The summed E-state index contributed by atoms with van der Waals surface area (Å²) in [5.74, 6) is 3.23. The number of hydrogen-bond donors (Lipinski definition) is 0. The van der Waals surface area contributed by atoms with Crippen molar-refractivity contribution in [3.63, 3.8) is 0 Å². The Kier molecular flexibility index (Phi) is 12.9. The van der Waals surface area contributed by atoms with Gasteiger partial charge in [0.1, 0.15) is 5.78 Å². The van der Waals surface area contributed by atoms with E-state index in [0.717, 1.165) is 49.7 Å². The summed E-state index contributed by atoms with van der Waals surface area (Å²) in [6.45, 7) is 33.9. The maximum absolute atomic E-state index is 14.4. The first-order valence-corrected chi connectivity index (χ1v) is 17.6. The summed E-state index contributed by atoms with van der Waals surface area (Å²) >= 11 is 0. The van der Waals surface area contributed by atoms with Crippen LogP contribution in [0.25, 0.3) is 0 Å². The molecule has 6 atom stereocenters. The van der Waals surface area contributed by atoms with Crippen LogP contribution < -0.4 is 0 Å². The van der Waals surface area contributed by atoms with Crippen LogP contribution in [-0.4, -0.2) is 5.78 Å². The van der Waals surface area contributed by atoms with Crippen LogP contribution in [0.3, 0.4) is 0 Å². The molecule has 1 heteroatoms. The fourth-order valence-electron chi connectivity index (χ4n) is 8.71. The van der Waals surface area contributed by atoms with E-state index in [2.05, 4.69) is 85.5 Å². The van der Waals surface area contributed by atoms with Gasteiger partial charge in [-0.3, -0.25) is 4.79 Å². The largest absolute Gasteiger partial charge is 0.299 e. The molecule has 2 fully saturated rings. The molecule has 1 aromatic rings. The zero-order valence-electron chi connectivity index (χ0n) is 29.1. The number of Topliss-reactive ketones (excluding diaryl/α,β-unsaturated/α-hetero) is 1. The van der Waals surface area contributed by atoms with Crippen molar-refractivity contribution in [2.24, 2.45) is 46.8 Å². The van der Waals surface area contributed by atoms with Gasteiger partial charge in [-0.15, -0.1) is 0 Å². The lowest BCUT2D eigenvalue weighted by Crippen LogP contribution is -2.27. The third kappa shape index (κ3) is 8.95. The number of carbonyl (C=O) groups excluding carboxylic acids is 1. The normalized spacial score (nSPS) is 22.7. The predicted molar refractivity (Wildman–Crippen MR) is 188 cm³/mol. The molecule has 238 valence electrons. The fraction of sp³-hybridized carbons (Fsp3) is 0.643. The molecule has 0 radical (unpaired) electrons. The van der Waals surface area contributed by atoms with Crippen molar-refractivity contribution in [3.8, 4) is 0 Å². The van der Waals surface area contributed by atoms with E-state index >= 15 is 0 Å². The van der Waals surface area contributed by atoms with Crippen molar-refractivity contribution >= 4 is 5.78 Å². The van der Waals surface area contributed by atoms with Crippen molar-refractivity contribution in [1.82, 2.24) is 0 Å². The second-order valence-electron chi connectivity index (χ2n) is 15.2. The Morgan fingerprint density at radius 3 is 2.12 bits per heavy atom.